The highest BCUT2D eigenvalue weighted by Gasteiger charge is 2.24. The van der Waals surface area contributed by atoms with Gasteiger partial charge >= 0.3 is 6.09 Å². The first-order valence-electron chi connectivity index (χ1n) is 9.12. The van der Waals surface area contributed by atoms with E-state index in [1.807, 2.05) is 20.8 Å². The van der Waals surface area contributed by atoms with Gasteiger partial charge in [0.1, 0.15) is 5.60 Å². The molecule has 4 nitrogen and oxygen atoms in total. The molecule has 1 aromatic carbocycles. The summed E-state index contributed by atoms with van der Waals surface area (Å²) in [7, 11) is 0. The molecular weight excluding hydrogens is 300 g/mol. The quantitative estimate of drug-likeness (QED) is 0.832. The molecule has 1 saturated carbocycles. The Morgan fingerprint density at radius 3 is 2.33 bits per heavy atom. The topological polar surface area (TPSA) is 50.4 Å². The lowest BCUT2D eigenvalue weighted by atomic mass is 9.91. The molecule has 0 radical (unpaired) electrons. The average Bonchev–Trinajstić information content (AvgIpc) is 2.47. The highest BCUT2D eigenvalue weighted by molar-refractivity contribution is 5.68. The number of anilines is 1. The minimum atomic E-state index is -0.439. The summed E-state index contributed by atoms with van der Waals surface area (Å²) in [6, 6.07) is 7.34. The molecule has 2 rings (SSSR count). The van der Waals surface area contributed by atoms with Crippen LogP contribution in [0.1, 0.15) is 64.5 Å². The number of rotatable bonds is 4. The Labute approximate surface area is 146 Å². The van der Waals surface area contributed by atoms with E-state index in [-0.39, 0.29) is 12.1 Å². The Morgan fingerprint density at radius 1 is 1.17 bits per heavy atom. The molecule has 134 valence electrons. The van der Waals surface area contributed by atoms with E-state index in [2.05, 4.69) is 42.7 Å². The van der Waals surface area contributed by atoms with Crippen molar-refractivity contribution in [2.24, 2.45) is 0 Å². The molecular formula is C20H32N2O2. The van der Waals surface area contributed by atoms with Crippen LogP contribution in [0.4, 0.5) is 10.5 Å². The van der Waals surface area contributed by atoms with Crippen LogP contribution in [0, 0.1) is 6.92 Å². The van der Waals surface area contributed by atoms with Crippen LogP contribution in [0.2, 0.25) is 0 Å². The fraction of sp³-hybridized carbons (Fsp3) is 0.650. The number of benzene rings is 1. The molecule has 1 aliphatic rings. The summed E-state index contributed by atoms with van der Waals surface area (Å²) in [5.41, 5.74) is 3.52. The van der Waals surface area contributed by atoms with Gasteiger partial charge < -0.3 is 15.4 Å². The summed E-state index contributed by atoms with van der Waals surface area (Å²) in [5.74, 6) is 0. The van der Waals surface area contributed by atoms with E-state index >= 15 is 0 Å². The summed E-state index contributed by atoms with van der Waals surface area (Å²) in [5, 5.41) is 6.64. The molecule has 4 heteroatoms. The van der Waals surface area contributed by atoms with E-state index < -0.39 is 5.60 Å². The molecule has 0 aliphatic heterocycles. The van der Waals surface area contributed by atoms with E-state index in [9.17, 15) is 4.79 Å². The van der Waals surface area contributed by atoms with Crippen LogP contribution in [-0.2, 0) is 11.2 Å². The average molecular weight is 332 g/mol. The van der Waals surface area contributed by atoms with Crippen molar-refractivity contribution in [3.05, 3.63) is 29.3 Å². The Bertz CT molecular complexity index is 555. The van der Waals surface area contributed by atoms with Crippen LogP contribution in [-0.4, -0.2) is 23.8 Å². The minimum absolute atomic E-state index is 0.224. The van der Waals surface area contributed by atoms with Gasteiger partial charge in [-0.05, 0) is 83.1 Å². The zero-order chi connectivity index (χ0) is 17.7. The molecule has 0 spiro atoms. The van der Waals surface area contributed by atoms with Gasteiger partial charge in [-0.2, -0.15) is 0 Å². The number of alkyl carbamates (subject to hydrolysis) is 1. The van der Waals surface area contributed by atoms with Crippen molar-refractivity contribution in [1.82, 2.24) is 5.32 Å². The number of carbonyl (C=O) groups excluding carboxylic acids is 1. The fourth-order valence-electron chi connectivity index (χ4n) is 3.27. The van der Waals surface area contributed by atoms with Crippen molar-refractivity contribution >= 4 is 11.8 Å². The van der Waals surface area contributed by atoms with Crippen molar-refractivity contribution < 1.29 is 9.53 Å². The van der Waals surface area contributed by atoms with E-state index in [1.165, 1.54) is 16.8 Å². The largest absolute Gasteiger partial charge is 0.444 e. The third-order valence-corrected chi connectivity index (χ3v) is 4.54. The number of nitrogens with one attached hydrogen (secondary N) is 2. The second kappa shape index (κ2) is 7.91. The van der Waals surface area contributed by atoms with Gasteiger partial charge in [0.05, 0.1) is 0 Å². The first-order chi connectivity index (χ1) is 11.3. The highest BCUT2D eigenvalue weighted by atomic mass is 16.6. The van der Waals surface area contributed by atoms with Gasteiger partial charge in [-0.1, -0.05) is 13.0 Å². The van der Waals surface area contributed by atoms with Crippen molar-refractivity contribution in [1.29, 1.82) is 0 Å². The van der Waals surface area contributed by atoms with Gasteiger partial charge in [-0.3, -0.25) is 0 Å². The Kier molecular flexibility index (Phi) is 6.14. The Hall–Kier alpha value is -1.71. The fourth-order valence-corrected chi connectivity index (χ4v) is 3.27. The third-order valence-electron chi connectivity index (χ3n) is 4.54. The normalized spacial score (nSPS) is 21.2. The Balaban J connectivity index is 1.78. The molecule has 0 unspecified atom stereocenters. The summed E-state index contributed by atoms with van der Waals surface area (Å²) in [6.07, 6.45) is 4.88. The van der Waals surface area contributed by atoms with Crippen molar-refractivity contribution in [2.75, 3.05) is 5.32 Å². The van der Waals surface area contributed by atoms with Crippen LogP contribution in [0.15, 0.2) is 18.2 Å². The van der Waals surface area contributed by atoms with Gasteiger partial charge in [0.15, 0.2) is 0 Å². The smallest absolute Gasteiger partial charge is 0.407 e. The SMILES string of the molecule is CCc1ccc(NC2CCC(NC(=O)OC(C)(C)C)CC2)cc1C. The molecule has 0 atom stereocenters. The third kappa shape index (κ3) is 5.73. The number of ether oxygens (including phenoxy) is 1. The molecule has 0 bridgehead atoms. The number of amides is 1. The standard InChI is InChI=1S/C20H32N2O2/c1-6-15-7-8-18(13-14(15)2)21-16-9-11-17(12-10-16)22-19(23)24-20(3,4)5/h7-8,13,16-17,21H,6,9-12H2,1-5H3,(H,22,23). The predicted octanol–water partition coefficient (Wildman–Crippen LogP) is 4.81. The first kappa shape index (κ1) is 18.6. The molecule has 1 aliphatic carbocycles. The summed E-state index contributed by atoms with van der Waals surface area (Å²) >= 11 is 0. The van der Waals surface area contributed by atoms with Crippen molar-refractivity contribution in [3.8, 4) is 0 Å². The van der Waals surface area contributed by atoms with Crippen LogP contribution < -0.4 is 10.6 Å². The molecule has 2 N–H and O–H groups in total. The van der Waals surface area contributed by atoms with Crippen molar-refractivity contribution in [2.45, 2.75) is 84.4 Å². The predicted molar refractivity (Wildman–Crippen MR) is 99.6 cm³/mol. The van der Waals surface area contributed by atoms with E-state index in [1.54, 1.807) is 0 Å². The summed E-state index contributed by atoms with van der Waals surface area (Å²) < 4.78 is 5.33. The van der Waals surface area contributed by atoms with Gasteiger partial charge in [0.25, 0.3) is 0 Å². The molecule has 0 saturated heterocycles. The molecule has 0 heterocycles. The van der Waals surface area contributed by atoms with E-state index in [0.29, 0.717) is 6.04 Å². The van der Waals surface area contributed by atoms with E-state index in [0.717, 1.165) is 32.1 Å². The number of aryl methyl sites for hydroxylation is 2. The van der Waals surface area contributed by atoms with Gasteiger partial charge in [-0.15, -0.1) is 0 Å². The van der Waals surface area contributed by atoms with Gasteiger partial charge in [-0.25, -0.2) is 4.79 Å². The van der Waals surface area contributed by atoms with Gasteiger partial charge in [0.2, 0.25) is 0 Å². The number of carbonyl (C=O) groups is 1. The zero-order valence-electron chi connectivity index (χ0n) is 15.7. The summed E-state index contributed by atoms with van der Waals surface area (Å²) in [4.78, 5) is 11.8. The lowest BCUT2D eigenvalue weighted by molar-refractivity contribution is 0.0492. The maximum atomic E-state index is 11.8. The van der Waals surface area contributed by atoms with Gasteiger partial charge in [0, 0.05) is 17.8 Å². The second-order valence-corrected chi connectivity index (χ2v) is 7.83. The molecule has 1 aromatic rings. The van der Waals surface area contributed by atoms with Crippen molar-refractivity contribution in [3.63, 3.8) is 0 Å². The number of hydrogen-bond acceptors (Lipinski definition) is 3. The maximum Gasteiger partial charge on any atom is 0.407 e. The Morgan fingerprint density at radius 2 is 1.79 bits per heavy atom. The molecule has 24 heavy (non-hydrogen) atoms. The first-order valence-corrected chi connectivity index (χ1v) is 9.12. The highest BCUT2D eigenvalue weighted by Crippen LogP contribution is 2.24. The molecule has 1 amide bonds. The van der Waals surface area contributed by atoms with Crippen LogP contribution in [0.25, 0.3) is 0 Å². The van der Waals surface area contributed by atoms with Crippen LogP contribution in [0.3, 0.4) is 0 Å². The molecule has 0 aromatic heterocycles. The summed E-state index contributed by atoms with van der Waals surface area (Å²) in [6.45, 7) is 10.0. The maximum absolute atomic E-state index is 11.8. The van der Waals surface area contributed by atoms with Crippen LogP contribution >= 0.6 is 0 Å². The lowest BCUT2D eigenvalue weighted by Gasteiger charge is -2.31. The lowest BCUT2D eigenvalue weighted by Crippen LogP contribution is -2.42. The van der Waals surface area contributed by atoms with Crippen LogP contribution in [0.5, 0.6) is 0 Å². The zero-order valence-corrected chi connectivity index (χ0v) is 15.7. The minimum Gasteiger partial charge on any atom is -0.444 e. The monoisotopic (exact) mass is 332 g/mol. The number of hydrogen-bond donors (Lipinski definition) is 2. The second-order valence-electron chi connectivity index (χ2n) is 7.83. The van der Waals surface area contributed by atoms with E-state index in [4.69, 9.17) is 4.74 Å². The molecule has 1 fully saturated rings.